The highest BCUT2D eigenvalue weighted by Crippen LogP contribution is 2.04. The fourth-order valence-corrected chi connectivity index (χ4v) is 1.22. The van der Waals surface area contributed by atoms with Crippen LogP contribution in [0.4, 0.5) is 0 Å². The van der Waals surface area contributed by atoms with Gasteiger partial charge in [-0.05, 0) is 12.2 Å². The molecule has 0 fully saturated rings. The third-order valence-electron chi connectivity index (χ3n) is 1.06. The predicted octanol–water partition coefficient (Wildman–Crippen LogP) is 2.43. The van der Waals surface area contributed by atoms with E-state index in [1.54, 1.807) is 11.8 Å². The molecule has 0 aliphatic heterocycles. The normalized spacial score (nSPS) is 8.89. The molecule has 2 heteroatoms. The first-order chi connectivity index (χ1) is 4.41. The van der Waals surface area contributed by atoms with Crippen molar-refractivity contribution in [1.29, 1.82) is 5.26 Å². The molecule has 0 saturated heterocycles. The van der Waals surface area contributed by atoms with Crippen LogP contribution in [0.15, 0.2) is 0 Å². The zero-order chi connectivity index (χ0) is 6.95. The van der Waals surface area contributed by atoms with Crippen molar-refractivity contribution in [3.05, 3.63) is 0 Å². The van der Waals surface area contributed by atoms with Crippen LogP contribution in [0.5, 0.6) is 0 Å². The van der Waals surface area contributed by atoms with Crippen molar-refractivity contribution in [3.63, 3.8) is 0 Å². The molecular formula is C7H13NS. The predicted molar refractivity (Wildman–Crippen MR) is 42.5 cm³/mol. The first-order valence-electron chi connectivity index (χ1n) is 3.36. The second kappa shape index (κ2) is 7.84. The fraction of sp³-hybridized carbons (Fsp3) is 0.857. The van der Waals surface area contributed by atoms with Crippen LogP contribution >= 0.6 is 11.8 Å². The van der Waals surface area contributed by atoms with Crippen molar-refractivity contribution in [2.45, 2.75) is 26.2 Å². The molecule has 0 atom stereocenters. The van der Waals surface area contributed by atoms with Crippen molar-refractivity contribution in [1.82, 2.24) is 0 Å². The van der Waals surface area contributed by atoms with Crippen LogP contribution < -0.4 is 0 Å². The molecule has 0 unspecified atom stereocenters. The Bertz CT molecular complexity index is 85.4. The van der Waals surface area contributed by atoms with Crippen LogP contribution in [0.2, 0.25) is 0 Å². The molecule has 0 rings (SSSR count). The van der Waals surface area contributed by atoms with E-state index in [0.29, 0.717) is 5.75 Å². The molecule has 0 heterocycles. The minimum atomic E-state index is 0.656. The highest BCUT2D eigenvalue weighted by molar-refractivity contribution is 7.99. The first-order valence-corrected chi connectivity index (χ1v) is 4.52. The number of nitriles is 1. The molecule has 0 aliphatic carbocycles. The summed E-state index contributed by atoms with van der Waals surface area (Å²) in [6, 6.07) is 2.11. The Balaban J connectivity index is 2.69. The zero-order valence-electron chi connectivity index (χ0n) is 5.89. The molecule has 1 nitrogen and oxygen atoms in total. The molecule has 0 bridgehead atoms. The van der Waals surface area contributed by atoms with E-state index >= 15 is 0 Å². The largest absolute Gasteiger partial charge is 0.197 e. The maximum absolute atomic E-state index is 8.15. The van der Waals surface area contributed by atoms with Gasteiger partial charge in [0.15, 0.2) is 0 Å². The van der Waals surface area contributed by atoms with Gasteiger partial charge in [-0.15, -0.1) is 11.8 Å². The van der Waals surface area contributed by atoms with Crippen LogP contribution in [-0.2, 0) is 0 Å². The van der Waals surface area contributed by atoms with Gasteiger partial charge in [0, 0.05) is 0 Å². The fourth-order valence-electron chi connectivity index (χ4n) is 0.572. The van der Waals surface area contributed by atoms with E-state index in [0.717, 1.165) is 5.75 Å². The number of nitrogens with zero attached hydrogens (tertiary/aromatic N) is 1. The molecule has 0 aromatic carbocycles. The third-order valence-corrected chi connectivity index (χ3v) is 1.97. The van der Waals surface area contributed by atoms with Gasteiger partial charge in [0.2, 0.25) is 0 Å². The summed E-state index contributed by atoms with van der Waals surface area (Å²) in [6.45, 7) is 2.19. The van der Waals surface area contributed by atoms with Crippen LogP contribution in [0.3, 0.4) is 0 Å². The molecule has 52 valence electrons. The van der Waals surface area contributed by atoms with Crippen molar-refractivity contribution in [3.8, 4) is 6.07 Å². The van der Waals surface area contributed by atoms with Crippen molar-refractivity contribution >= 4 is 11.8 Å². The number of rotatable bonds is 5. The minimum Gasteiger partial charge on any atom is -0.197 e. The average Bonchev–Trinajstić information content (AvgIpc) is 1.89. The highest BCUT2D eigenvalue weighted by Gasteiger charge is 1.85. The van der Waals surface area contributed by atoms with E-state index in [2.05, 4.69) is 13.0 Å². The topological polar surface area (TPSA) is 23.8 Å². The van der Waals surface area contributed by atoms with Gasteiger partial charge in [-0.25, -0.2) is 0 Å². The van der Waals surface area contributed by atoms with Gasteiger partial charge in [0.1, 0.15) is 0 Å². The summed E-state index contributed by atoms with van der Waals surface area (Å²) in [6.07, 6.45) is 3.84. The number of unbranched alkanes of at least 4 members (excludes halogenated alkanes) is 2. The molecule has 0 aromatic heterocycles. The van der Waals surface area contributed by atoms with Gasteiger partial charge in [-0.2, -0.15) is 5.26 Å². The van der Waals surface area contributed by atoms with Crippen molar-refractivity contribution in [2.24, 2.45) is 0 Å². The molecule has 0 saturated carbocycles. The smallest absolute Gasteiger partial charge is 0.0808 e. The van der Waals surface area contributed by atoms with Gasteiger partial charge >= 0.3 is 0 Å². The second-order valence-electron chi connectivity index (χ2n) is 1.92. The molecule has 0 N–H and O–H groups in total. The van der Waals surface area contributed by atoms with Crippen LogP contribution in [0.25, 0.3) is 0 Å². The van der Waals surface area contributed by atoms with E-state index in [4.69, 9.17) is 5.26 Å². The Labute approximate surface area is 61.4 Å². The van der Waals surface area contributed by atoms with Gasteiger partial charge in [0.05, 0.1) is 11.8 Å². The molecule has 0 spiro atoms. The average molecular weight is 143 g/mol. The van der Waals surface area contributed by atoms with E-state index in [9.17, 15) is 0 Å². The molecule has 0 radical (unpaired) electrons. The van der Waals surface area contributed by atoms with Gasteiger partial charge in [0.25, 0.3) is 0 Å². The van der Waals surface area contributed by atoms with Crippen molar-refractivity contribution in [2.75, 3.05) is 11.5 Å². The van der Waals surface area contributed by atoms with E-state index in [1.165, 1.54) is 19.3 Å². The highest BCUT2D eigenvalue weighted by atomic mass is 32.2. The lowest BCUT2D eigenvalue weighted by Gasteiger charge is -1.93. The SMILES string of the molecule is CCCCCSCC#N. The summed E-state index contributed by atoms with van der Waals surface area (Å²) >= 11 is 1.73. The number of hydrogen-bond donors (Lipinski definition) is 0. The lowest BCUT2D eigenvalue weighted by atomic mass is 10.3. The summed E-state index contributed by atoms with van der Waals surface area (Å²) in [4.78, 5) is 0. The maximum atomic E-state index is 8.15. The Morgan fingerprint density at radius 3 is 2.78 bits per heavy atom. The molecule has 0 aliphatic rings. The van der Waals surface area contributed by atoms with E-state index < -0.39 is 0 Å². The Morgan fingerprint density at radius 1 is 1.44 bits per heavy atom. The second-order valence-corrected chi connectivity index (χ2v) is 3.02. The molecule has 0 aromatic rings. The summed E-state index contributed by atoms with van der Waals surface area (Å²) in [5.41, 5.74) is 0. The van der Waals surface area contributed by atoms with Crippen LogP contribution in [0.1, 0.15) is 26.2 Å². The van der Waals surface area contributed by atoms with Crippen LogP contribution in [0, 0.1) is 11.3 Å². The van der Waals surface area contributed by atoms with Crippen molar-refractivity contribution < 1.29 is 0 Å². The summed E-state index contributed by atoms with van der Waals surface area (Å²) in [7, 11) is 0. The van der Waals surface area contributed by atoms with E-state index in [-0.39, 0.29) is 0 Å². The third kappa shape index (κ3) is 7.84. The molecular weight excluding hydrogens is 130 g/mol. The number of thioether (sulfide) groups is 1. The molecule has 9 heavy (non-hydrogen) atoms. The van der Waals surface area contributed by atoms with Gasteiger partial charge < -0.3 is 0 Å². The minimum absolute atomic E-state index is 0.656. The maximum Gasteiger partial charge on any atom is 0.0808 e. The summed E-state index contributed by atoms with van der Waals surface area (Å²) in [5, 5.41) is 8.15. The molecule has 0 amide bonds. The first kappa shape index (κ1) is 8.84. The lowest BCUT2D eigenvalue weighted by molar-refractivity contribution is 0.779. The Hall–Kier alpha value is -0.160. The quantitative estimate of drug-likeness (QED) is 0.552. The zero-order valence-corrected chi connectivity index (χ0v) is 6.71. The number of hydrogen-bond acceptors (Lipinski definition) is 2. The van der Waals surface area contributed by atoms with Crippen LogP contribution in [-0.4, -0.2) is 11.5 Å². The summed E-state index contributed by atoms with van der Waals surface area (Å²) < 4.78 is 0. The van der Waals surface area contributed by atoms with E-state index in [1.807, 2.05) is 0 Å². The Morgan fingerprint density at radius 2 is 2.22 bits per heavy atom. The monoisotopic (exact) mass is 143 g/mol. The standard InChI is InChI=1S/C7H13NS/c1-2-3-4-6-9-7-5-8/h2-4,6-7H2,1H3. The van der Waals surface area contributed by atoms with Gasteiger partial charge in [-0.1, -0.05) is 19.8 Å². The lowest BCUT2D eigenvalue weighted by Crippen LogP contribution is -1.79. The Kier molecular flexibility index (Phi) is 7.70. The summed E-state index contributed by atoms with van der Waals surface area (Å²) in [5.74, 6) is 1.81. The van der Waals surface area contributed by atoms with Gasteiger partial charge in [-0.3, -0.25) is 0 Å².